The average molecular weight is 502 g/mol. The van der Waals surface area contributed by atoms with Crippen molar-refractivity contribution in [1.29, 1.82) is 0 Å². The summed E-state index contributed by atoms with van der Waals surface area (Å²) in [6, 6.07) is 12.5. The number of carbonyl (C=O) groups excluding carboxylic acids is 2. The third-order valence-electron chi connectivity index (χ3n) is 6.16. The smallest absolute Gasteiger partial charge is 0.361 e. The number of rotatable bonds is 8. The van der Waals surface area contributed by atoms with Gasteiger partial charge >= 0.3 is 6.18 Å². The van der Waals surface area contributed by atoms with Crippen LogP contribution in [0.5, 0.6) is 0 Å². The Labute approximate surface area is 210 Å². The number of carbonyl (C=O) groups is 2. The number of amides is 2. The molecule has 3 rings (SSSR count). The molecule has 0 fully saturated rings. The van der Waals surface area contributed by atoms with Crippen LogP contribution >= 0.6 is 0 Å². The molecule has 0 atom stereocenters. The number of hydrogen-bond donors (Lipinski definition) is 1. The number of nitrogens with one attached hydrogen (secondary N) is 1. The number of H-pyrrole nitrogens is 1. The number of aromatic nitrogens is 1. The molecule has 0 aliphatic rings. The maximum Gasteiger partial charge on any atom is 0.416 e. The van der Waals surface area contributed by atoms with Crippen molar-refractivity contribution in [2.24, 2.45) is 5.41 Å². The molecular weight excluding hydrogens is 467 g/mol. The summed E-state index contributed by atoms with van der Waals surface area (Å²) < 4.78 is 39.0. The van der Waals surface area contributed by atoms with Crippen molar-refractivity contribution in [1.82, 2.24) is 14.8 Å². The highest BCUT2D eigenvalue weighted by Crippen LogP contribution is 2.29. The molecule has 0 aliphatic carbocycles. The Morgan fingerprint density at radius 2 is 1.61 bits per heavy atom. The fourth-order valence-electron chi connectivity index (χ4n) is 4.07. The van der Waals surface area contributed by atoms with Gasteiger partial charge in [-0.15, -0.1) is 0 Å². The van der Waals surface area contributed by atoms with Crippen LogP contribution in [0.15, 0.2) is 54.7 Å². The second-order valence-corrected chi connectivity index (χ2v) is 10.4. The van der Waals surface area contributed by atoms with Gasteiger partial charge in [-0.1, -0.05) is 51.1 Å². The molecule has 1 N–H and O–H groups in total. The highest BCUT2D eigenvalue weighted by atomic mass is 19.4. The molecule has 5 nitrogen and oxygen atoms in total. The first-order valence-electron chi connectivity index (χ1n) is 12.1. The predicted molar refractivity (Wildman–Crippen MR) is 135 cm³/mol. The molecule has 0 unspecified atom stereocenters. The summed E-state index contributed by atoms with van der Waals surface area (Å²) >= 11 is 0. The lowest BCUT2D eigenvalue weighted by atomic mass is 9.94. The first kappa shape index (κ1) is 27.3. The summed E-state index contributed by atoms with van der Waals surface area (Å²) in [4.78, 5) is 32.9. The molecule has 194 valence electrons. The standard InChI is InChI=1S/C28H34F3N3O2/c1-19(2)34(26(36)27(3,4)5)18-25(35)33(17-20-10-12-22(13-11-20)28(29,30)31)15-14-21-16-32-24-9-7-6-8-23(21)24/h6-13,16,19,32H,14-15,17-18H2,1-5H3. The average Bonchev–Trinajstić information content (AvgIpc) is 3.21. The molecule has 3 aromatic rings. The molecule has 0 bridgehead atoms. The fourth-order valence-corrected chi connectivity index (χ4v) is 4.07. The zero-order chi connectivity index (χ0) is 26.7. The number of benzene rings is 2. The van der Waals surface area contributed by atoms with Crippen LogP contribution in [0.1, 0.15) is 51.3 Å². The highest BCUT2D eigenvalue weighted by molar-refractivity contribution is 5.88. The number of halogens is 3. The molecule has 0 radical (unpaired) electrons. The second kappa shape index (κ2) is 10.8. The molecule has 0 spiro atoms. The number of alkyl halides is 3. The van der Waals surface area contributed by atoms with Gasteiger partial charge in [-0.25, -0.2) is 0 Å². The van der Waals surface area contributed by atoms with E-state index in [4.69, 9.17) is 0 Å². The van der Waals surface area contributed by atoms with Crippen LogP contribution < -0.4 is 0 Å². The van der Waals surface area contributed by atoms with E-state index in [9.17, 15) is 22.8 Å². The monoisotopic (exact) mass is 501 g/mol. The first-order valence-corrected chi connectivity index (χ1v) is 12.1. The van der Waals surface area contributed by atoms with Crippen molar-refractivity contribution < 1.29 is 22.8 Å². The largest absolute Gasteiger partial charge is 0.416 e. The van der Waals surface area contributed by atoms with Gasteiger partial charge in [0.25, 0.3) is 0 Å². The van der Waals surface area contributed by atoms with Gasteiger partial charge in [-0.3, -0.25) is 9.59 Å². The van der Waals surface area contributed by atoms with Crippen LogP contribution in [-0.2, 0) is 28.7 Å². The predicted octanol–water partition coefficient (Wildman–Crippen LogP) is 6.04. The van der Waals surface area contributed by atoms with Crippen molar-refractivity contribution >= 4 is 22.7 Å². The van der Waals surface area contributed by atoms with E-state index in [0.29, 0.717) is 18.5 Å². The maximum absolute atomic E-state index is 13.5. The van der Waals surface area contributed by atoms with Crippen molar-refractivity contribution in [2.45, 2.75) is 59.8 Å². The number of hydrogen-bond acceptors (Lipinski definition) is 2. The maximum atomic E-state index is 13.5. The van der Waals surface area contributed by atoms with E-state index in [2.05, 4.69) is 4.98 Å². The summed E-state index contributed by atoms with van der Waals surface area (Å²) in [6.07, 6.45) is -1.95. The van der Waals surface area contributed by atoms with Crippen molar-refractivity contribution in [3.63, 3.8) is 0 Å². The minimum atomic E-state index is -4.42. The van der Waals surface area contributed by atoms with Crippen LogP contribution in [0.3, 0.4) is 0 Å². The van der Waals surface area contributed by atoms with E-state index in [0.717, 1.165) is 28.6 Å². The van der Waals surface area contributed by atoms with Gasteiger partial charge in [-0.05, 0) is 49.6 Å². The van der Waals surface area contributed by atoms with Gasteiger partial charge in [0.15, 0.2) is 0 Å². The SMILES string of the molecule is CC(C)N(CC(=O)N(CCc1c[nH]c2ccccc12)Cc1ccc(C(F)(F)F)cc1)C(=O)C(C)(C)C. The normalized spacial score (nSPS) is 12.2. The summed E-state index contributed by atoms with van der Waals surface area (Å²) in [5.41, 5.74) is 1.25. The Hall–Kier alpha value is -3.29. The van der Waals surface area contributed by atoms with Crippen molar-refractivity contribution in [3.05, 3.63) is 71.4 Å². The van der Waals surface area contributed by atoms with E-state index < -0.39 is 17.2 Å². The van der Waals surface area contributed by atoms with Gasteiger partial charge in [-0.2, -0.15) is 13.2 Å². The van der Waals surface area contributed by atoms with Gasteiger partial charge in [0.1, 0.15) is 6.54 Å². The molecule has 2 aromatic carbocycles. The minimum absolute atomic E-state index is 0.0950. The Morgan fingerprint density at radius 1 is 0.972 bits per heavy atom. The summed E-state index contributed by atoms with van der Waals surface area (Å²) in [5.74, 6) is -0.377. The van der Waals surface area contributed by atoms with Gasteiger partial charge in [0.05, 0.1) is 5.56 Å². The fraction of sp³-hybridized carbons (Fsp3) is 0.429. The lowest BCUT2D eigenvalue weighted by Crippen LogP contribution is -2.49. The van der Waals surface area contributed by atoms with Crippen molar-refractivity contribution in [2.75, 3.05) is 13.1 Å². The zero-order valence-electron chi connectivity index (χ0n) is 21.4. The third kappa shape index (κ3) is 6.68. The Balaban J connectivity index is 1.84. The molecule has 0 saturated heterocycles. The minimum Gasteiger partial charge on any atom is -0.361 e. The first-order chi connectivity index (χ1) is 16.8. The molecule has 0 aliphatic heterocycles. The van der Waals surface area contributed by atoms with E-state index in [-0.39, 0.29) is 30.9 Å². The molecule has 1 aromatic heterocycles. The molecule has 0 saturated carbocycles. The summed E-state index contributed by atoms with van der Waals surface area (Å²) in [6.45, 7) is 9.57. The highest BCUT2D eigenvalue weighted by Gasteiger charge is 2.32. The Bertz CT molecular complexity index is 1190. The van der Waals surface area contributed by atoms with E-state index in [1.807, 2.05) is 65.1 Å². The number of para-hydroxylation sites is 1. The van der Waals surface area contributed by atoms with Crippen LogP contribution in [0, 0.1) is 5.41 Å². The quantitative estimate of drug-likeness (QED) is 0.409. The Kier molecular flexibility index (Phi) is 8.16. The molecule has 1 heterocycles. The van der Waals surface area contributed by atoms with E-state index >= 15 is 0 Å². The molecule has 36 heavy (non-hydrogen) atoms. The van der Waals surface area contributed by atoms with E-state index in [1.54, 1.807) is 9.80 Å². The second-order valence-electron chi connectivity index (χ2n) is 10.4. The van der Waals surface area contributed by atoms with Crippen LogP contribution in [0.25, 0.3) is 10.9 Å². The third-order valence-corrected chi connectivity index (χ3v) is 6.16. The van der Waals surface area contributed by atoms with Crippen LogP contribution in [0.4, 0.5) is 13.2 Å². The van der Waals surface area contributed by atoms with E-state index in [1.165, 1.54) is 12.1 Å². The lowest BCUT2D eigenvalue weighted by molar-refractivity contribution is -0.147. The van der Waals surface area contributed by atoms with Gasteiger partial charge in [0, 0.05) is 41.6 Å². The molecule has 8 heteroatoms. The Morgan fingerprint density at radius 3 is 2.19 bits per heavy atom. The van der Waals surface area contributed by atoms with Crippen molar-refractivity contribution in [3.8, 4) is 0 Å². The van der Waals surface area contributed by atoms with Gasteiger partial charge in [0.2, 0.25) is 11.8 Å². The summed E-state index contributed by atoms with van der Waals surface area (Å²) in [5, 5.41) is 1.06. The van der Waals surface area contributed by atoms with Gasteiger partial charge < -0.3 is 14.8 Å². The molecule has 2 amide bonds. The summed E-state index contributed by atoms with van der Waals surface area (Å²) in [7, 11) is 0. The topological polar surface area (TPSA) is 56.4 Å². The zero-order valence-corrected chi connectivity index (χ0v) is 21.4. The number of fused-ring (bicyclic) bond motifs is 1. The number of aromatic amines is 1. The van der Waals surface area contributed by atoms with Crippen LogP contribution in [-0.4, -0.2) is 45.7 Å². The lowest BCUT2D eigenvalue weighted by Gasteiger charge is -2.34. The number of nitrogens with zero attached hydrogens (tertiary/aromatic N) is 2. The van der Waals surface area contributed by atoms with Crippen LogP contribution in [0.2, 0.25) is 0 Å². The molecular formula is C28H34F3N3O2.